The summed E-state index contributed by atoms with van der Waals surface area (Å²) in [7, 11) is 0. The Morgan fingerprint density at radius 3 is 2.53 bits per heavy atom. The highest BCUT2D eigenvalue weighted by Gasteiger charge is 2.49. The predicted molar refractivity (Wildman–Crippen MR) is 107 cm³/mol. The van der Waals surface area contributed by atoms with Crippen molar-refractivity contribution < 1.29 is 18.4 Å². The first kappa shape index (κ1) is 20.7. The summed E-state index contributed by atoms with van der Waals surface area (Å²) in [6, 6.07) is 1.81. The van der Waals surface area contributed by atoms with Crippen molar-refractivity contribution in [2.45, 2.75) is 45.1 Å². The predicted octanol–water partition coefficient (Wildman–Crippen LogP) is 3.81. The second-order valence-corrected chi connectivity index (χ2v) is 8.35. The van der Waals surface area contributed by atoms with Crippen molar-refractivity contribution in [2.75, 3.05) is 11.4 Å². The van der Waals surface area contributed by atoms with Crippen LogP contribution in [0.1, 0.15) is 48.3 Å². The van der Waals surface area contributed by atoms with Crippen LogP contribution in [0.5, 0.6) is 0 Å². The minimum absolute atomic E-state index is 0.0135. The summed E-state index contributed by atoms with van der Waals surface area (Å²) in [6.07, 6.45) is 6.14. The molecule has 2 aliphatic rings. The molecule has 1 saturated carbocycles. The third-order valence-corrected chi connectivity index (χ3v) is 6.47. The summed E-state index contributed by atoms with van der Waals surface area (Å²) < 4.78 is 27.1. The number of hydrogen-bond donors (Lipinski definition) is 1. The van der Waals surface area contributed by atoms with Crippen molar-refractivity contribution in [2.24, 2.45) is 5.41 Å². The maximum atomic E-state index is 13.7. The van der Waals surface area contributed by atoms with E-state index in [1.807, 2.05) is 0 Å². The lowest BCUT2D eigenvalue weighted by Crippen LogP contribution is -2.44. The lowest BCUT2D eigenvalue weighted by Gasteiger charge is -2.36. The smallest absolute Gasteiger partial charge is 0.271 e. The van der Waals surface area contributed by atoms with Crippen molar-refractivity contribution in [3.05, 3.63) is 52.6 Å². The van der Waals surface area contributed by atoms with Gasteiger partial charge in [-0.15, -0.1) is 0 Å². The topological polar surface area (TPSA) is 75.2 Å². The summed E-state index contributed by atoms with van der Waals surface area (Å²) >= 11 is 6.07. The molecule has 1 aliphatic heterocycles. The number of halogens is 3. The largest absolute Gasteiger partial charge is 0.348 e. The molecule has 1 spiro atoms. The molecule has 6 nitrogen and oxygen atoms in total. The lowest BCUT2D eigenvalue weighted by atomic mass is 9.71. The van der Waals surface area contributed by atoms with Crippen LogP contribution in [0.3, 0.4) is 0 Å². The minimum Gasteiger partial charge on any atom is -0.348 e. The second-order valence-electron chi connectivity index (χ2n) is 7.94. The van der Waals surface area contributed by atoms with Crippen LogP contribution < -0.4 is 10.2 Å². The Morgan fingerprint density at radius 2 is 1.83 bits per heavy atom. The van der Waals surface area contributed by atoms with Gasteiger partial charge in [-0.3, -0.25) is 14.6 Å². The van der Waals surface area contributed by atoms with Gasteiger partial charge in [0.05, 0.1) is 21.8 Å². The van der Waals surface area contributed by atoms with Crippen LogP contribution in [0, 0.1) is 24.0 Å². The third-order valence-electron chi connectivity index (χ3n) is 6.17. The van der Waals surface area contributed by atoms with Crippen molar-refractivity contribution >= 4 is 29.1 Å². The van der Waals surface area contributed by atoms with E-state index >= 15 is 0 Å². The molecule has 2 amide bonds. The van der Waals surface area contributed by atoms with Gasteiger partial charge in [-0.05, 0) is 45.1 Å². The number of carbonyl (C=O) groups excluding carboxylic acids is 2. The summed E-state index contributed by atoms with van der Waals surface area (Å²) in [5.74, 6) is -2.46. The van der Waals surface area contributed by atoms with E-state index in [4.69, 9.17) is 11.6 Å². The van der Waals surface area contributed by atoms with Gasteiger partial charge in [0, 0.05) is 31.0 Å². The highest BCUT2D eigenvalue weighted by atomic mass is 35.5. The van der Waals surface area contributed by atoms with Crippen molar-refractivity contribution in [1.29, 1.82) is 0 Å². The Morgan fingerprint density at radius 1 is 1.17 bits per heavy atom. The third kappa shape index (κ3) is 3.64. The molecule has 30 heavy (non-hydrogen) atoms. The highest BCUT2D eigenvalue weighted by Crippen LogP contribution is 2.47. The Labute approximate surface area is 177 Å². The molecule has 1 aromatic heterocycles. The first-order valence-electron chi connectivity index (χ1n) is 9.86. The van der Waals surface area contributed by atoms with Crippen molar-refractivity contribution in [3.8, 4) is 0 Å². The van der Waals surface area contributed by atoms with Crippen molar-refractivity contribution in [1.82, 2.24) is 15.3 Å². The Kier molecular flexibility index (Phi) is 5.44. The van der Waals surface area contributed by atoms with Gasteiger partial charge in [0.15, 0.2) is 11.6 Å². The number of aromatic nitrogens is 2. The first-order chi connectivity index (χ1) is 14.3. The van der Waals surface area contributed by atoms with Crippen LogP contribution in [-0.4, -0.2) is 34.4 Å². The van der Waals surface area contributed by atoms with E-state index in [1.54, 1.807) is 6.92 Å². The van der Waals surface area contributed by atoms with Gasteiger partial charge in [-0.2, -0.15) is 0 Å². The molecule has 1 aliphatic carbocycles. The van der Waals surface area contributed by atoms with E-state index in [0.717, 1.165) is 12.1 Å². The summed E-state index contributed by atoms with van der Waals surface area (Å²) in [4.78, 5) is 35.3. The van der Waals surface area contributed by atoms with E-state index < -0.39 is 17.0 Å². The Hall–Kier alpha value is -2.61. The second kappa shape index (κ2) is 7.91. The zero-order valence-corrected chi connectivity index (χ0v) is 17.2. The number of anilines is 1. The quantitative estimate of drug-likeness (QED) is 0.745. The monoisotopic (exact) mass is 434 g/mol. The van der Waals surface area contributed by atoms with Gasteiger partial charge in [-0.25, -0.2) is 13.8 Å². The number of amides is 2. The van der Waals surface area contributed by atoms with Gasteiger partial charge < -0.3 is 10.2 Å². The van der Waals surface area contributed by atoms with Gasteiger partial charge in [-0.1, -0.05) is 11.6 Å². The molecule has 2 aromatic rings. The molecule has 0 radical (unpaired) electrons. The molecule has 4 rings (SSSR count). The highest BCUT2D eigenvalue weighted by molar-refractivity contribution is 6.34. The molecular weight excluding hydrogens is 414 g/mol. The standard InChI is InChI=1S/C21H21ClF2N4O2/c1-12-18(26-8-7-25-12)19(29)27-13-2-4-21(5-3-13)6-9-28(20(21)30)17-11-16(24)15(23)10-14(17)22/h7-8,10-11,13H,2-6,9H2,1H3,(H,27,29). The Balaban J connectivity index is 1.42. The number of carbonyl (C=O) groups is 2. The molecule has 1 N–H and O–H groups in total. The molecule has 158 valence electrons. The van der Waals surface area contributed by atoms with E-state index in [1.165, 1.54) is 17.3 Å². The molecule has 1 aromatic carbocycles. The van der Waals surface area contributed by atoms with Crippen LogP contribution in [0.2, 0.25) is 5.02 Å². The number of nitrogens with zero attached hydrogens (tertiary/aromatic N) is 3. The van der Waals surface area contributed by atoms with E-state index in [-0.39, 0.29) is 28.6 Å². The van der Waals surface area contributed by atoms with E-state index in [9.17, 15) is 18.4 Å². The molecule has 9 heteroatoms. The number of rotatable bonds is 3. The first-order valence-corrected chi connectivity index (χ1v) is 10.2. The van der Waals surface area contributed by atoms with E-state index in [0.29, 0.717) is 50.0 Å². The molecule has 0 bridgehead atoms. The summed E-state index contributed by atoms with van der Waals surface area (Å²) in [5.41, 5.74) is 0.505. The number of aryl methyl sites for hydroxylation is 1. The maximum Gasteiger partial charge on any atom is 0.271 e. The fourth-order valence-corrected chi connectivity index (χ4v) is 4.68. The van der Waals surface area contributed by atoms with Crippen LogP contribution in [-0.2, 0) is 4.79 Å². The Bertz CT molecular complexity index is 1010. The number of nitrogens with one attached hydrogen (secondary N) is 1. The van der Waals surface area contributed by atoms with Gasteiger partial charge in [0.25, 0.3) is 5.91 Å². The van der Waals surface area contributed by atoms with Crippen LogP contribution in [0.25, 0.3) is 0 Å². The number of benzene rings is 1. The summed E-state index contributed by atoms with van der Waals surface area (Å²) in [5, 5.41) is 3.00. The normalized spacial score (nSPS) is 23.8. The van der Waals surface area contributed by atoms with Gasteiger partial charge >= 0.3 is 0 Å². The molecule has 1 saturated heterocycles. The zero-order chi connectivity index (χ0) is 21.5. The average molecular weight is 435 g/mol. The van der Waals surface area contributed by atoms with Crippen molar-refractivity contribution in [3.63, 3.8) is 0 Å². The lowest BCUT2D eigenvalue weighted by molar-refractivity contribution is -0.127. The SMILES string of the molecule is Cc1nccnc1C(=O)NC1CCC2(CC1)CCN(c1cc(F)c(F)cc1Cl)C2=O. The van der Waals surface area contributed by atoms with E-state index in [2.05, 4.69) is 15.3 Å². The molecule has 0 unspecified atom stereocenters. The maximum absolute atomic E-state index is 13.7. The zero-order valence-electron chi connectivity index (χ0n) is 16.4. The van der Waals surface area contributed by atoms with Crippen LogP contribution >= 0.6 is 11.6 Å². The summed E-state index contributed by atoms with van der Waals surface area (Å²) in [6.45, 7) is 2.13. The molecular formula is C21H21ClF2N4O2. The average Bonchev–Trinajstić information content (AvgIpc) is 3.03. The van der Waals surface area contributed by atoms with Crippen LogP contribution in [0.15, 0.2) is 24.5 Å². The van der Waals surface area contributed by atoms with Crippen LogP contribution in [0.4, 0.5) is 14.5 Å². The molecule has 2 fully saturated rings. The fourth-order valence-electron chi connectivity index (χ4n) is 4.43. The molecule has 0 atom stereocenters. The fraction of sp³-hybridized carbons (Fsp3) is 0.429. The van der Waals surface area contributed by atoms with Gasteiger partial charge in [0.2, 0.25) is 5.91 Å². The van der Waals surface area contributed by atoms with Gasteiger partial charge in [0.1, 0.15) is 5.69 Å². The molecule has 2 heterocycles. The number of hydrogen-bond acceptors (Lipinski definition) is 4. The minimum atomic E-state index is -1.04.